The molecule has 1 atom stereocenters. The average molecular weight is 815 g/mol. The highest BCUT2D eigenvalue weighted by molar-refractivity contribution is 5.71. The fourth-order valence-electron chi connectivity index (χ4n) is 7.11. The Hall–Kier alpha value is -2.37. The number of unbranched alkanes of at least 4 members (excludes halogenated alkanes) is 28. The topological polar surface area (TPSA) is 78.9 Å². The summed E-state index contributed by atoms with van der Waals surface area (Å²) in [6.07, 6.45) is 54.1. The minimum atomic E-state index is -0.774. The van der Waals surface area contributed by atoms with Crippen LogP contribution in [0.5, 0.6) is 0 Å². The van der Waals surface area contributed by atoms with Crippen molar-refractivity contribution in [2.45, 2.75) is 264 Å². The molecule has 0 aromatic heterocycles. The van der Waals surface area contributed by atoms with Crippen LogP contribution in [0, 0.1) is 0 Å². The van der Waals surface area contributed by atoms with E-state index >= 15 is 0 Å². The van der Waals surface area contributed by atoms with Crippen LogP contribution in [0.2, 0.25) is 0 Å². The summed E-state index contributed by atoms with van der Waals surface area (Å²) in [6, 6.07) is 0. The molecule has 338 valence electrons. The fourth-order valence-corrected chi connectivity index (χ4v) is 7.11. The minimum Gasteiger partial charge on any atom is -0.462 e. The number of hydrogen-bond acceptors (Lipinski definition) is 6. The van der Waals surface area contributed by atoms with Gasteiger partial charge in [-0.1, -0.05) is 211 Å². The molecule has 0 heterocycles. The maximum atomic E-state index is 12.8. The molecule has 1 unspecified atom stereocenters. The van der Waals surface area contributed by atoms with E-state index in [0.717, 1.165) is 83.5 Å². The summed E-state index contributed by atoms with van der Waals surface area (Å²) < 4.78 is 16.8. The number of hydrogen-bond donors (Lipinski definition) is 0. The van der Waals surface area contributed by atoms with Crippen LogP contribution in [-0.4, -0.2) is 37.2 Å². The second-order valence-electron chi connectivity index (χ2n) is 16.7. The number of allylic oxidation sites excluding steroid dienone is 6. The lowest BCUT2D eigenvalue weighted by Crippen LogP contribution is -2.30. The third-order valence-electron chi connectivity index (χ3n) is 10.9. The van der Waals surface area contributed by atoms with Crippen LogP contribution in [0.4, 0.5) is 0 Å². The van der Waals surface area contributed by atoms with E-state index in [1.54, 1.807) is 0 Å². The first-order valence-corrected chi connectivity index (χ1v) is 25.0. The van der Waals surface area contributed by atoms with Gasteiger partial charge in [0.15, 0.2) is 6.10 Å². The Labute approximate surface area is 359 Å². The molecule has 0 fully saturated rings. The van der Waals surface area contributed by atoms with Gasteiger partial charge in [-0.15, -0.1) is 0 Å². The fraction of sp³-hybridized carbons (Fsp3) is 0.827. The third kappa shape index (κ3) is 44.7. The summed E-state index contributed by atoms with van der Waals surface area (Å²) in [4.78, 5) is 37.9. The number of rotatable bonds is 45. The van der Waals surface area contributed by atoms with E-state index < -0.39 is 6.10 Å². The maximum absolute atomic E-state index is 12.8. The van der Waals surface area contributed by atoms with Gasteiger partial charge in [0.05, 0.1) is 0 Å². The van der Waals surface area contributed by atoms with Crippen molar-refractivity contribution >= 4 is 17.9 Å². The van der Waals surface area contributed by atoms with Gasteiger partial charge in [0.2, 0.25) is 0 Å². The molecule has 0 amide bonds. The first-order chi connectivity index (χ1) is 28.5. The Bertz CT molecular complexity index is 984. The summed E-state index contributed by atoms with van der Waals surface area (Å²) in [7, 11) is 0. The number of esters is 3. The lowest BCUT2D eigenvalue weighted by atomic mass is 10.0. The highest BCUT2D eigenvalue weighted by Gasteiger charge is 2.19. The summed E-state index contributed by atoms with van der Waals surface area (Å²) in [5.41, 5.74) is 0. The van der Waals surface area contributed by atoms with Crippen LogP contribution < -0.4 is 0 Å². The first-order valence-electron chi connectivity index (χ1n) is 25.0. The molecule has 0 aromatic rings. The van der Waals surface area contributed by atoms with Crippen molar-refractivity contribution in [2.24, 2.45) is 0 Å². The van der Waals surface area contributed by atoms with Gasteiger partial charge >= 0.3 is 17.9 Å². The zero-order chi connectivity index (χ0) is 42.3. The van der Waals surface area contributed by atoms with Gasteiger partial charge in [-0.3, -0.25) is 14.4 Å². The van der Waals surface area contributed by atoms with Gasteiger partial charge < -0.3 is 14.2 Å². The predicted molar refractivity (Wildman–Crippen MR) is 247 cm³/mol. The Kier molecular flexibility index (Phi) is 45.4. The van der Waals surface area contributed by atoms with E-state index in [-0.39, 0.29) is 31.1 Å². The second-order valence-corrected chi connectivity index (χ2v) is 16.7. The van der Waals surface area contributed by atoms with Crippen LogP contribution in [0.15, 0.2) is 36.5 Å². The first kappa shape index (κ1) is 55.6. The average Bonchev–Trinajstić information content (AvgIpc) is 3.22. The molecule has 0 aliphatic rings. The van der Waals surface area contributed by atoms with Crippen LogP contribution in [-0.2, 0) is 28.6 Å². The molecule has 0 rings (SSSR count). The van der Waals surface area contributed by atoms with Crippen LogP contribution >= 0.6 is 0 Å². The molecule has 6 heteroatoms. The van der Waals surface area contributed by atoms with Crippen LogP contribution in [0.3, 0.4) is 0 Å². The zero-order valence-electron chi connectivity index (χ0n) is 38.6. The van der Waals surface area contributed by atoms with Gasteiger partial charge in [0, 0.05) is 19.3 Å². The number of carbonyl (C=O) groups is 3. The number of carbonyl (C=O) groups excluding carboxylic acids is 3. The van der Waals surface area contributed by atoms with Gasteiger partial charge in [0.1, 0.15) is 13.2 Å². The quantitative estimate of drug-likeness (QED) is 0.0264. The van der Waals surface area contributed by atoms with Crippen molar-refractivity contribution in [3.8, 4) is 0 Å². The standard InChI is InChI=1S/C52H94O6/c1-4-7-10-13-16-19-22-24-26-28-30-33-36-39-42-45-51(54)57-48-49(47-56-50(53)44-41-38-35-32-29-21-18-15-12-9-6-3)58-52(55)46-43-40-37-34-31-27-25-23-20-17-14-11-8-5-2/h8,11,15,17-18,20,49H,4-7,9-10,12-14,16,19,21-48H2,1-3H3/b11-8-,18-15-,20-17-. The molecule has 0 spiro atoms. The molecule has 0 radical (unpaired) electrons. The Morgan fingerprint density at radius 1 is 0.362 bits per heavy atom. The zero-order valence-corrected chi connectivity index (χ0v) is 38.6. The van der Waals surface area contributed by atoms with Crippen LogP contribution in [0.25, 0.3) is 0 Å². The van der Waals surface area contributed by atoms with Gasteiger partial charge in [0.25, 0.3) is 0 Å². The smallest absolute Gasteiger partial charge is 0.306 e. The minimum absolute atomic E-state index is 0.0753. The Morgan fingerprint density at radius 2 is 0.690 bits per heavy atom. The summed E-state index contributed by atoms with van der Waals surface area (Å²) in [6.45, 7) is 6.50. The predicted octanol–water partition coefficient (Wildman–Crippen LogP) is 16.1. The largest absolute Gasteiger partial charge is 0.462 e. The van der Waals surface area contributed by atoms with Crippen molar-refractivity contribution in [3.05, 3.63) is 36.5 Å². The lowest BCUT2D eigenvalue weighted by Gasteiger charge is -2.18. The van der Waals surface area contributed by atoms with Crippen molar-refractivity contribution in [1.29, 1.82) is 0 Å². The summed E-state index contributed by atoms with van der Waals surface area (Å²) in [5, 5.41) is 0. The van der Waals surface area contributed by atoms with Gasteiger partial charge in [-0.25, -0.2) is 0 Å². The SMILES string of the molecule is CC/C=C\C/C=C\CCCCCCCCCC(=O)OC(COC(=O)CCCCCCC/C=C\CCCC)COC(=O)CCCCCCCCCCCCCCCCC. The highest BCUT2D eigenvalue weighted by Crippen LogP contribution is 2.15. The monoisotopic (exact) mass is 815 g/mol. The van der Waals surface area contributed by atoms with Crippen molar-refractivity contribution in [1.82, 2.24) is 0 Å². The summed E-state index contributed by atoms with van der Waals surface area (Å²) >= 11 is 0. The Balaban J connectivity index is 4.35. The molecule has 0 saturated carbocycles. The van der Waals surface area contributed by atoms with E-state index in [1.807, 2.05) is 0 Å². The molecule has 58 heavy (non-hydrogen) atoms. The third-order valence-corrected chi connectivity index (χ3v) is 10.9. The van der Waals surface area contributed by atoms with E-state index in [1.165, 1.54) is 135 Å². The van der Waals surface area contributed by atoms with Crippen LogP contribution in [0.1, 0.15) is 258 Å². The number of ether oxygens (including phenoxy) is 3. The Morgan fingerprint density at radius 3 is 1.10 bits per heavy atom. The molecular weight excluding hydrogens is 721 g/mol. The molecule has 6 nitrogen and oxygen atoms in total. The van der Waals surface area contributed by atoms with Crippen molar-refractivity contribution in [2.75, 3.05) is 13.2 Å². The molecule has 0 saturated heterocycles. The molecule has 0 aliphatic carbocycles. The highest BCUT2D eigenvalue weighted by atomic mass is 16.6. The van der Waals surface area contributed by atoms with Crippen molar-refractivity contribution in [3.63, 3.8) is 0 Å². The lowest BCUT2D eigenvalue weighted by molar-refractivity contribution is -0.167. The molecule has 0 aliphatic heterocycles. The van der Waals surface area contributed by atoms with Crippen molar-refractivity contribution < 1.29 is 28.6 Å². The van der Waals surface area contributed by atoms with E-state index in [4.69, 9.17) is 14.2 Å². The molecular formula is C52H94O6. The molecule has 0 N–H and O–H groups in total. The summed E-state index contributed by atoms with van der Waals surface area (Å²) in [5.74, 6) is -0.886. The van der Waals surface area contributed by atoms with E-state index in [0.29, 0.717) is 19.3 Å². The maximum Gasteiger partial charge on any atom is 0.306 e. The van der Waals surface area contributed by atoms with Gasteiger partial charge in [-0.2, -0.15) is 0 Å². The van der Waals surface area contributed by atoms with Gasteiger partial charge in [-0.05, 0) is 64.2 Å². The second kappa shape index (κ2) is 47.3. The molecule has 0 bridgehead atoms. The van der Waals surface area contributed by atoms with E-state index in [2.05, 4.69) is 57.2 Å². The van der Waals surface area contributed by atoms with E-state index in [9.17, 15) is 14.4 Å². The normalized spacial score (nSPS) is 12.3. The molecule has 0 aromatic carbocycles.